The number of aromatic nitrogens is 8. The van der Waals surface area contributed by atoms with Crippen LogP contribution in [0.4, 0.5) is 11.6 Å². The van der Waals surface area contributed by atoms with Gasteiger partial charge in [-0.2, -0.15) is 19.9 Å². The summed E-state index contributed by atoms with van der Waals surface area (Å²) in [6, 6.07) is 0. The lowest BCUT2D eigenvalue weighted by atomic mass is 10.1. The molecule has 3 fully saturated rings. The van der Waals surface area contributed by atoms with Crippen molar-refractivity contribution in [2.24, 2.45) is 0 Å². The maximum Gasteiger partial charge on any atom is 0.335 e. The van der Waals surface area contributed by atoms with Crippen LogP contribution in [0, 0.1) is 0 Å². The Hall–Kier alpha value is -2.65. The van der Waals surface area contributed by atoms with Gasteiger partial charge in [0.1, 0.15) is 47.7 Å². The third kappa shape index (κ3) is 7.36. The van der Waals surface area contributed by atoms with Crippen molar-refractivity contribution in [2.45, 2.75) is 127 Å². The Bertz CT molecular complexity index is 1970. The number of ether oxygens (including phenoxy) is 2. The molecule has 3 saturated heterocycles. The molecule has 3 aliphatic rings. The maximum absolute atomic E-state index is 11.5. The van der Waals surface area contributed by atoms with E-state index in [1.165, 1.54) is 17.2 Å². The van der Waals surface area contributed by atoms with E-state index in [4.69, 9.17) is 62.2 Å². The number of aliphatic hydroxyl groups is 4. The second-order valence-corrected chi connectivity index (χ2v) is 24.8. The van der Waals surface area contributed by atoms with Crippen LogP contribution in [0.5, 0.6) is 0 Å². The summed E-state index contributed by atoms with van der Waals surface area (Å²) in [5, 5.41) is 40.3. The van der Waals surface area contributed by atoms with Crippen molar-refractivity contribution >= 4 is 74.3 Å². The highest BCUT2D eigenvalue weighted by Gasteiger charge is 2.62. The summed E-state index contributed by atoms with van der Waals surface area (Å²) in [5.74, 6) is 0.270. The van der Waals surface area contributed by atoms with Crippen LogP contribution >= 0.6 is 23.2 Å². The Morgan fingerprint density at radius 1 is 0.727 bits per heavy atom. The van der Waals surface area contributed by atoms with Crippen molar-refractivity contribution in [1.29, 1.82) is 0 Å². The number of rotatable bonds is 7. The molecule has 0 saturated carbocycles. The zero-order chi connectivity index (χ0) is 40.3. The van der Waals surface area contributed by atoms with E-state index in [2.05, 4.69) is 85.3 Å². The molecule has 0 amide bonds. The number of nitrogens with two attached hydrogens (primary N) is 2. The monoisotopic (exact) mass is 844 g/mol. The topological polar surface area (TPSA) is 266 Å². The average molecular weight is 846 g/mol. The summed E-state index contributed by atoms with van der Waals surface area (Å²) in [4.78, 5) is 24.4. The molecule has 8 atom stereocenters. The minimum Gasteiger partial charge on any atom is -0.414 e. The van der Waals surface area contributed by atoms with Crippen LogP contribution in [0.1, 0.15) is 67.8 Å². The maximum atomic E-state index is 11.5. The van der Waals surface area contributed by atoms with Crippen molar-refractivity contribution < 1.29 is 42.9 Å². The Balaban J connectivity index is 0.000000217. The van der Waals surface area contributed by atoms with Gasteiger partial charge >= 0.3 is 17.1 Å². The van der Waals surface area contributed by atoms with Gasteiger partial charge in [-0.1, -0.05) is 55.4 Å². The number of anilines is 2. The van der Waals surface area contributed by atoms with E-state index in [0.717, 1.165) is 0 Å². The van der Waals surface area contributed by atoms with Crippen LogP contribution in [-0.2, 0) is 22.4 Å². The number of aliphatic hydroxyl groups excluding tert-OH is 4. The molecule has 0 aromatic carbocycles. The molecule has 0 spiro atoms. The Labute approximate surface area is 329 Å². The number of hydrogen-bond acceptors (Lipinski definition) is 17. The van der Waals surface area contributed by atoms with E-state index >= 15 is 0 Å². The van der Waals surface area contributed by atoms with Gasteiger partial charge in [0.05, 0.1) is 25.9 Å². The number of nitrogens with zero attached hydrogens (tertiary/aromatic N) is 8. The van der Waals surface area contributed by atoms with Gasteiger partial charge in [-0.3, -0.25) is 9.13 Å². The molecule has 7 heterocycles. The lowest BCUT2D eigenvalue weighted by Gasteiger charge is -2.51. The lowest BCUT2D eigenvalue weighted by Crippen LogP contribution is -2.65. The first-order valence-corrected chi connectivity index (χ1v) is 22.9. The van der Waals surface area contributed by atoms with Crippen LogP contribution < -0.4 is 11.5 Å². The summed E-state index contributed by atoms with van der Waals surface area (Å²) in [6.07, 6.45) is -4.32. The zero-order valence-electron chi connectivity index (χ0n) is 31.8. The first kappa shape index (κ1) is 42.0. The van der Waals surface area contributed by atoms with Gasteiger partial charge in [-0.05, 0) is 45.4 Å². The minimum atomic E-state index is -2.89. The van der Waals surface area contributed by atoms with Gasteiger partial charge in [0.2, 0.25) is 10.6 Å². The fraction of sp³-hybridized carbons (Fsp3) is 0.688. The van der Waals surface area contributed by atoms with Crippen molar-refractivity contribution in [3.05, 3.63) is 23.2 Å². The number of imidazole rings is 2. The molecule has 7 rings (SSSR count). The fourth-order valence-corrected chi connectivity index (χ4v) is 19.2. The first-order valence-electron chi connectivity index (χ1n) is 18.2. The molecular formula is C32H50Cl2N10O9Si2. The number of halogens is 2. The zero-order valence-corrected chi connectivity index (χ0v) is 35.3. The summed E-state index contributed by atoms with van der Waals surface area (Å²) in [5.41, 5.74) is 13.8. The summed E-state index contributed by atoms with van der Waals surface area (Å²) in [6.45, 7) is 17.1. The molecule has 4 aromatic rings. The van der Waals surface area contributed by atoms with Gasteiger partial charge in [-0.25, -0.2) is 9.97 Å². The molecule has 19 nitrogen and oxygen atoms in total. The van der Waals surface area contributed by atoms with Crippen molar-refractivity contribution in [3.8, 4) is 0 Å². The van der Waals surface area contributed by atoms with Gasteiger partial charge in [0.25, 0.3) is 0 Å². The molecule has 0 radical (unpaired) electrons. The quantitative estimate of drug-likeness (QED) is 0.115. The van der Waals surface area contributed by atoms with E-state index in [-0.39, 0.29) is 56.6 Å². The molecule has 0 bridgehead atoms. The summed E-state index contributed by atoms with van der Waals surface area (Å²) in [7, 11) is -5.60. The molecule has 0 unspecified atom stereocenters. The normalized spacial score (nSPS) is 29.3. The highest BCUT2D eigenvalue weighted by Crippen LogP contribution is 2.48. The minimum absolute atomic E-state index is 0.000994. The molecule has 304 valence electrons. The number of fused-ring (bicyclic) bond motifs is 3. The molecule has 8 N–H and O–H groups in total. The number of hydrogen-bond donors (Lipinski definition) is 6. The molecule has 23 heteroatoms. The van der Waals surface area contributed by atoms with Crippen LogP contribution in [0.25, 0.3) is 22.3 Å². The number of nitrogen functional groups attached to an aromatic ring is 2. The third-order valence-electron chi connectivity index (χ3n) is 10.5. The van der Waals surface area contributed by atoms with E-state index in [1.54, 1.807) is 4.57 Å². The van der Waals surface area contributed by atoms with E-state index in [0.29, 0.717) is 16.7 Å². The van der Waals surface area contributed by atoms with Crippen LogP contribution in [0.2, 0.25) is 32.7 Å². The SMILES string of the molecule is CC(C)[Si]1(C(C)C)OC[C@H]2O[C@@H](n3cnc4c(N)nc(Cl)nc43)[C@H](O)[C@@H]2O[Si](C(C)C)(C(C)C)O1.Nc1nc(Cl)nc2c1ncn2[C@@H]1O[C@H](CO)[C@@H](O)[C@H]1O. The second kappa shape index (κ2) is 15.9. The Kier molecular flexibility index (Phi) is 12.2. The third-order valence-corrected chi connectivity index (χ3v) is 21.1. The average Bonchev–Trinajstić information content (AvgIpc) is 3.85. The van der Waals surface area contributed by atoms with Crippen LogP contribution in [-0.4, -0.2) is 126 Å². The molecular weight excluding hydrogens is 795 g/mol. The van der Waals surface area contributed by atoms with Crippen molar-refractivity contribution in [1.82, 2.24) is 39.0 Å². The largest absolute Gasteiger partial charge is 0.414 e. The molecule has 3 aliphatic heterocycles. The summed E-state index contributed by atoms with van der Waals surface area (Å²) < 4.78 is 35.7. The lowest BCUT2D eigenvalue weighted by molar-refractivity contribution is -0.0570. The van der Waals surface area contributed by atoms with Gasteiger partial charge in [-0.15, -0.1) is 0 Å². The molecule has 4 aromatic heterocycles. The van der Waals surface area contributed by atoms with Gasteiger partial charge < -0.3 is 54.3 Å². The predicted molar refractivity (Wildman–Crippen MR) is 206 cm³/mol. The molecule has 0 aliphatic carbocycles. The van der Waals surface area contributed by atoms with Crippen molar-refractivity contribution in [3.63, 3.8) is 0 Å². The van der Waals surface area contributed by atoms with Gasteiger partial charge in [0.15, 0.2) is 35.4 Å². The Morgan fingerprint density at radius 3 is 1.64 bits per heavy atom. The van der Waals surface area contributed by atoms with Crippen LogP contribution in [0.15, 0.2) is 12.7 Å². The standard InChI is InChI=1S/C22H38ClN5O5Si2.C10H12ClN5O4/c1-11(2)34(12(3)4)30-9-15-18(32-35(33-34,13(5)6)14(7)8)17(29)21(31-15)28-10-25-16-19(24)26-22(23)27-20(16)28;11-10-14-7(12)4-8(15-10)16(2-13-4)9-6(19)5(18)3(1-17)20-9/h10-15,17-18,21,29H,9H2,1-8H3,(H2,24,26,27);2-3,5-6,9,17-19H,1H2,(H2,12,14,15)/t15-,17-,18-,21-;3-,5-,6-,9-/m11/s1. The summed E-state index contributed by atoms with van der Waals surface area (Å²) >= 11 is 11.8. The predicted octanol–water partition coefficient (Wildman–Crippen LogP) is 2.95. The highest BCUT2D eigenvalue weighted by atomic mass is 35.5. The Morgan fingerprint density at radius 2 is 1.20 bits per heavy atom. The fourth-order valence-electron chi connectivity index (χ4n) is 7.67. The van der Waals surface area contributed by atoms with Gasteiger partial charge in [0, 0.05) is 0 Å². The van der Waals surface area contributed by atoms with Crippen molar-refractivity contribution in [2.75, 3.05) is 24.7 Å². The van der Waals surface area contributed by atoms with E-state index in [1.807, 2.05) is 0 Å². The van der Waals surface area contributed by atoms with E-state index in [9.17, 15) is 15.3 Å². The smallest absolute Gasteiger partial charge is 0.335 e. The second-order valence-electron chi connectivity index (χ2n) is 15.2. The molecule has 55 heavy (non-hydrogen) atoms. The highest BCUT2D eigenvalue weighted by molar-refractivity contribution is 6.84. The first-order chi connectivity index (χ1) is 25.9. The van der Waals surface area contributed by atoms with Crippen LogP contribution in [0.3, 0.4) is 0 Å². The van der Waals surface area contributed by atoms with E-state index < -0.39 is 72.8 Å².